The Balaban J connectivity index is 2.13. The molecule has 0 saturated carbocycles. The summed E-state index contributed by atoms with van der Waals surface area (Å²) in [4.78, 5) is 23.5. The Bertz CT molecular complexity index is 780. The lowest BCUT2D eigenvalue weighted by Gasteiger charge is -2.23. The first-order valence-electron chi connectivity index (χ1n) is 7.59. The van der Waals surface area contributed by atoms with Crippen LogP contribution in [-0.4, -0.2) is 42.8 Å². The van der Waals surface area contributed by atoms with E-state index in [1.54, 1.807) is 37.5 Å². The maximum atomic E-state index is 12.3. The Morgan fingerprint density at radius 3 is 2.64 bits per heavy atom. The van der Waals surface area contributed by atoms with Crippen molar-refractivity contribution < 1.29 is 24.2 Å². The topological polar surface area (TPSA) is 72.8 Å². The molecule has 0 fully saturated rings. The maximum absolute atomic E-state index is 12.3. The molecule has 1 aromatic carbocycles. The molecule has 2 atom stereocenters. The summed E-state index contributed by atoms with van der Waals surface area (Å²) in [6.07, 6.45) is 12.9. The SMILES string of the molecule is C#CCOC1C=CC(/C=C/C(=O)c2ccccc2C(=O)O)=CC1OC. The molecule has 128 valence electrons. The summed E-state index contributed by atoms with van der Waals surface area (Å²) in [5.74, 6) is 0.885. The van der Waals surface area contributed by atoms with Crippen molar-refractivity contribution in [3.8, 4) is 12.3 Å². The third-order valence-electron chi connectivity index (χ3n) is 3.64. The number of hydrogen-bond acceptors (Lipinski definition) is 4. The van der Waals surface area contributed by atoms with Gasteiger partial charge in [0.2, 0.25) is 0 Å². The molecule has 1 N–H and O–H groups in total. The van der Waals surface area contributed by atoms with E-state index in [4.69, 9.17) is 21.0 Å². The van der Waals surface area contributed by atoms with Crippen LogP contribution in [0.2, 0.25) is 0 Å². The highest BCUT2D eigenvalue weighted by molar-refractivity contribution is 6.11. The van der Waals surface area contributed by atoms with Gasteiger partial charge in [0.25, 0.3) is 0 Å². The van der Waals surface area contributed by atoms with Crippen LogP contribution in [0.25, 0.3) is 0 Å². The molecule has 2 rings (SSSR count). The zero-order valence-electron chi connectivity index (χ0n) is 13.7. The van der Waals surface area contributed by atoms with Gasteiger partial charge in [-0.15, -0.1) is 6.42 Å². The number of ketones is 1. The van der Waals surface area contributed by atoms with E-state index in [1.807, 2.05) is 6.08 Å². The number of carboxylic acids is 1. The lowest BCUT2D eigenvalue weighted by molar-refractivity contribution is 0.00165. The van der Waals surface area contributed by atoms with Crippen LogP contribution in [-0.2, 0) is 9.47 Å². The first-order chi connectivity index (χ1) is 12.1. The average molecular weight is 338 g/mol. The Hall–Kier alpha value is -2.94. The highest BCUT2D eigenvalue weighted by Gasteiger charge is 2.20. The number of aromatic carboxylic acids is 1. The van der Waals surface area contributed by atoms with Crippen LogP contribution in [0.1, 0.15) is 20.7 Å². The number of allylic oxidation sites excluding steroid dienone is 4. The van der Waals surface area contributed by atoms with E-state index in [2.05, 4.69) is 5.92 Å². The molecule has 0 aromatic heterocycles. The van der Waals surface area contributed by atoms with Crippen molar-refractivity contribution in [1.82, 2.24) is 0 Å². The van der Waals surface area contributed by atoms with Gasteiger partial charge in [0.05, 0.1) is 5.56 Å². The molecule has 5 nitrogen and oxygen atoms in total. The molecule has 2 unspecified atom stereocenters. The molecule has 1 aliphatic carbocycles. The van der Waals surface area contributed by atoms with E-state index in [9.17, 15) is 9.59 Å². The third-order valence-corrected chi connectivity index (χ3v) is 3.64. The second-order valence-corrected chi connectivity index (χ2v) is 5.25. The van der Waals surface area contributed by atoms with E-state index in [0.717, 1.165) is 5.57 Å². The van der Waals surface area contributed by atoms with Crippen molar-refractivity contribution in [3.63, 3.8) is 0 Å². The van der Waals surface area contributed by atoms with Gasteiger partial charge in [-0.05, 0) is 23.8 Å². The number of carbonyl (C=O) groups is 2. The molecular weight excluding hydrogens is 320 g/mol. The number of carboxylic acid groups (broad SMARTS) is 1. The lowest BCUT2D eigenvalue weighted by Crippen LogP contribution is -2.29. The van der Waals surface area contributed by atoms with Gasteiger partial charge in [-0.2, -0.15) is 0 Å². The minimum absolute atomic E-state index is 0.0252. The summed E-state index contributed by atoms with van der Waals surface area (Å²) < 4.78 is 10.8. The van der Waals surface area contributed by atoms with Gasteiger partial charge >= 0.3 is 5.97 Å². The fourth-order valence-corrected chi connectivity index (χ4v) is 2.41. The zero-order chi connectivity index (χ0) is 18.2. The normalized spacial score (nSPS) is 19.4. The quantitative estimate of drug-likeness (QED) is 0.470. The summed E-state index contributed by atoms with van der Waals surface area (Å²) in [5.41, 5.74) is 0.876. The van der Waals surface area contributed by atoms with Crippen LogP contribution in [0, 0.1) is 12.3 Å². The number of methoxy groups -OCH3 is 1. The van der Waals surface area contributed by atoms with Gasteiger partial charge in [-0.25, -0.2) is 4.79 Å². The Labute approximate surface area is 146 Å². The fraction of sp³-hybridized carbons (Fsp3) is 0.200. The van der Waals surface area contributed by atoms with Crippen LogP contribution < -0.4 is 0 Å². The fourth-order valence-electron chi connectivity index (χ4n) is 2.41. The van der Waals surface area contributed by atoms with Crippen LogP contribution in [0.3, 0.4) is 0 Å². The van der Waals surface area contributed by atoms with Gasteiger partial charge in [0.15, 0.2) is 5.78 Å². The summed E-state index contributed by atoms with van der Waals surface area (Å²) in [6, 6.07) is 6.10. The number of rotatable bonds is 7. The molecule has 1 aromatic rings. The third kappa shape index (κ3) is 4.77. The smallest absolute Gasteiger partial charge is 0.336 e. The standard InChI is InChI=1S/C20H18O5/c1-3-12-25-18-11-9-14(13-19(18)24-2)8-10-17(21)15-6-4-5-7-16(15)20(22)23/h1,4-11,13,18-19H,12H2,2H3,(H,22,23)/b10-8+. The van der Waals surface area contributed by atoms with Gasteiger partial charge in [-0.3, -0.25) is 4.79 Å². The van der Waals surface area contributed by atoms with Crippen LogP contribution in [0.4, 0.5) is 0 Å². The number of carbonyl (C=O) groups excluding carboxylic acids is 1. The first-order valence-corrected chi connectivity index (χ1v) is 7.59. The Morgan fingerprint density at radius 2 is 2.00 bits per heavy atom. The van der Waals surface area contributed by atoms with Crippen LogP contribution in [0.5, 0.6) is 0 Å². The molecule has 1 aliphatic rings. The van der Waals surface area contributed by atoms with Crippen molar-refractivity contribution in [3.05, 3.63) is 71.3 Å². The summed E-state index contributed by atoms with van der Waals surface area (Å²) >= 11 is 0. The molecule has 0 saturated heterocycles. The number of terminal acetylenes is 1. The minimum atomic E-state index is -1.14. The minimum Gasteiger partial charge on any atom is -0.478 e. The van der Waals surface area contributed by atoms with E-state index < -0.39 is 5.97 Å². The number of ether oxygens (including phenoxy) is 2. The van der Waals surface area contributed by atoms with Gasteiger partial charge in [-0.1, -0.05) is 42.3 Å². The molecule has 0 spiro atoms. The van der Waals surface area contributed by atoms with E-state index >= 15 is 0 Å². The van der Waals surface area contributed by atoms with Crippen molar-refractivity contribution in [1.29, 1.82) is 0 Å². The monoisotopic (exact) mass is 338 g/mol. The summed E-state index contributed by atoms with van der Waals surface area (Å²) in [7, 11) is 1.56. The zero-order valence-corrected chi connectivity index (χ0v) is 13.7. The molecular formula is C20H18O5. The van der Waals surface area contributed by atoms with Crippen molar-refractivity contribution in [2.45, 2.75) is 12.2 Å². The molecule has 0 bridgehead atoms. The van der Waals surface area contributed by atoms with Crippen LogP contribution in [0.15, 0.2) is 60.2 Å². The largest absolute Gasteiger partial charge is 0.478 e. The second-order valence-electron chi connectivity index (χ2n) is 5.25. The summed E-state index contributed by atoms with van der Waals surface area (Å²) in [5, 5.41) is 9.15. The van der Waals surface area contributed by atoms with Crippen molar-refractivity contribution in [2.75, 3.05) is 13.7 Å². The van der Waals surface area contributed by atoms with Gasteiger partial charge in [0.1, 0.15) is 18.8 Å². The second kappa shape index (κ2) is 8.78. The van der Waals surface area contributed by atoms with E-state index in [1.165, 1.54) is 18.2 Å². The Morgan fingerprint density at radius 1 is 1.28 bits per heavy atom. The number of benzene rings is 1. The van der Waals surface area contributed by atoms with Gasteiger partial charge < -0.3 is 14.6 Å². The molecule has 0 amide bonds. The van der Waals surface area contributed by atoms with Crippen molar-refractivity contribution in [2.24, 2.45) is 0 Å². The highest BCUT2D eigenvalue weighted by atomic mass is 16.5. The predicted octanol–water partition coefficient (Wildman–Crippen LogP) is 2.65. The number of hydrogen-bond donors (Lipinski definition) is 1. The molecule has 5 heteroatoms. The highest BCUT2D eigenvalue weighted by Crippen LogP contribution is 2.18. The van der Waals surface area contributed by atoms with E-state index in [-0.39, 0.29) is 35.7 Å². The molecule has 0 heterocycles. The molecule has 0 radical (unpaired) electrons. The molecule has 0 aliphatic heterocycles. The van der Waals surface area contributed by atoms with Crippen LogP contribution >= 0.6 is 0 Å². The molecule has 25 heavy (non-hydrogen) atoms. The van der Waals surface area contributed by atoms with E-state index in [0.29, 0.717) is 0 Å². The average Bonchev–Trinajstić information content (AvgIpc) is 2.64. The predicted molar refractivity (Wildman–Crippen MR) is 93.5 cm³/mol. The van der Waals surface area contributed by atoms with Gasteiger partial charge in [0, 0.05) is 12.7 Å². The van der Waals surface area contributed by atoms with Crippen molar-refractivity contribution >= 4 is 11.8 Å². The first kappa shape index (κ1) is 18.4. The Kier molecular flexibility index (Phi) is 6.47. The lowest BCUT2D eigenvalue weighted by atomic mass is 9.99. The summed E-state index contributed by atoms with van der Waals surface area (Å²) in [6.45, 7) is 0.179. The maximum Gasteiger partial charge on any atom is 0.336 e.